The van der Waals surface area contributed by atoms with Crippen LogP contribution in [0.25, 0.3) is 56.5 Å². The summed E-state index contributed by atoms with van der Waals surface area (Å²) in [5.41, 5.74) is 7.07. The molecule has 36 heavy (non-hydrogen) atoms. The van der Waals surface area contributed by atoms with Gasteiger partial charge in [-0.05, 0) is 11.6 Å². The van der Waals surface area contributed by atoms with Crippen LogP contribution in [0.1, 0.15) is 0 Å². The van der Waals surface area contributed by atoms with Gasteiger partial charge < -0.3 is 0 Å². The maximum absolute atomic E-state index is 4.81. The first-order valence-electron chi connectivity index (χ1n) is 11.8. The normalized spacial score (nSPS) is 10.8. The molecule has 0 aliphatic rings. The number of nitrogens with zero attached hydrogens (tertiary/aromatic N) is 4. The largest absolute Gasteiger partial charge is 0.256 e. The van der Waals surface area contributed by atoms with E-state index >= 15 is 0 Å². The monoisotopic (exact) mass is 462 g/mol. The van der Waals surface area contributed by atoms with E-state index in [0.29, 0.717) is 17.5 Å². The third-order valence-electron chi connectivity index (χ3n) is 6.01. The van der Waals surface area contributed by atoms with Gasteiger partial charge in [0.25, 0.3) is 0 Å². The quantitative estimate of drug-likeness (QED) is 0.265. The van der Waals surface area contributed by atoms with Crippen molar-refractivity contribution in [3.05, 3.63) is 134 Å². The Morgan fingerprint density at radius 3 is 1.14 bits per heavy atom. The fourth-order valence-corrected chi connectivity index (χ4v) is 4.09. The van der Waals surface area contributed by atoms with Gasteiger partial charge in [0.05, 0.1) is 5.69 Å². The molecule has 0 atom stereocenters. The molecule has 4 nitrogen and oxygen atoms in total. The van der Waals surface area contributed by atoms with E-state index in [9.17, 15) is 0 Å². The molecule has 0 radical (unpaired) electrons. The summed E-state index contributed by atoms with van der Waals surface area (Å²) < 4.78 is 0. The molecule has 0 saturated carbocycles. The van der Waals surface area contributed by atoms with E-state index in [1.54, 1.807) is 0 Å². The molecule has 6 aromatic rings. The van der Waals surface area contributed by atoms with E-state index in [0.717, 1.165) is 39.1 Å². The van der Waals surface area contributed by atoms with Crippen molar-refractivity contribution in [1.29, 1.82) is 0 Å². The molecular weight excluding hydrogens is 440 g/mol. The molecule has 0 fully saturated rings. The van der Waals surface area contributed by atoms with Crippen molar-refractivity contribution in [2.24, 2.45) is 0 Å². The standard InChI is InChI=1S/C32H22N4/c1-4-10-24(11-5-1)29-21-20-28(22-33-29)23-16-18-27(19-17-23)32-35-30(25-12-6-2-7-13-25)34-31(36-32)26-14-8-3-9-15-26/h1-22H. The van der Waals surface area contributed by atoms with Crippen LogP contribution in [0.15, 0.2) is 134 Å². The lowest BCUT2D eigenvalue weighted by Gasteiger charge is -2.09. The molecule has 0 aliphatic carbocycles. The number of benzene rings is 4. The summed E-state index contributed by atoms with van der Waals surface area (Å²) in [6.45, 7) is 0. The van der Waals surface area contributed by atoms with Gasteiger partial charge >= 0.3 is 0 Å². The minimum absolute atomic E-state index is 0.645. The zero-order valence-electron chi connectivity index (χ0n) is 19.5. The van der Waals surface area contributed by atoms with E-state index < -0.39 is 0 Å². The number of hydrogen-bond acceptors (Lipinski definition) is 4. The first kappa shape index (κ1) is 21.6. The first-order valence-corrected chi connectivity index (χ1v) is 11.8. The van der Waals surface area contributed by atoms with Crippen LogP contribution in [-0.4, -0.2) is 19.9 Å². The van der Waals surface area contributed by atoms with Crippen LogP contribution < -0.4 is 0 Å². The molecule has 2 aromatic heterocycles. The van der Waals surface area contributed by atoms with Gasteiger partial charge in [0.15, 0.2) is 17.5 Å². The maximum Gasteiger partial charge on any atom is 0.164 e. The van der Waals surface area contributed by atoms with E-state index in [-0.39, 0.29) is 0 Å². The van der Waals surface area contributed by atoms with Crippen LogP contribution in [-0.2, 0) is 0 Å². The van der Waals surface area contributed by atoms with Crippen LogP contribution in [0.4, 0.5) is 0 Å². The fourth-order valence-electron chi connectivity index (χ4n) is 4.09. The Morgan fingerprint density at radius 1 is 0.306 bits per heavy atom. The molecule has 0 aliphatic heterocycles. The summed E-state index contributed by atoms with van der Waals surface area (Å²) in [6.07, 6.45) is 1.92. The van der Waals surface area contributed by atoms with Crippen molar-refractivity contribution < 1.29 is 0 Å². The highest BCUT2D eigenvalue weighted by atomic mass is 15.0. The number of aromatic nitrogens is 4. The Hall–Kier alpha value is -4.96. The van der Waals surface area contributed by atoms with E-state index in [1.807, 2.05) is 85.1 Å². The van der Waals surface area contributed by atoms with Crippen LogP contribution in [0.5, 0.6) is 0 Å². The third-order valence-corrected chi connectivity index (χ3v) is 6.01. The highest BCUT2D eigenvalue weighted by molar-refractivity contribution is 5.71. The molecule has 0 unspecified atom stereocenters. The van der Waals surface area contributed by atoms with Crippen LogP contribution >= 0.6 is 0 Å². The number of pyridine rings is 1. The van der Waals surface area contributed by atoms with Crippen LogP contribution in [0.3, 0.4) is 0 Å². The average Bonchev–Trinajstić information content (AvgIpc) is 2.98. The average molecular weight is 463 g/mol. The molecule has 0 saturated heterocycles. The van der Waals surface area contributed by atoms with Gasteiger partial charge in [-0.15, -0.1) is 0 Å². The predicted octanol–water partition coefficient (Wildman–Crippen LogP) is 7.60. The van der Waals surface area contributed by atoms with Crippen molar-refractivity contribution in [3.63, 3.8) is 0 Å². The number of hydrogen-bond donors (Lipinski definition) is 0. The first-order chi connectivity index (χ1) is 17.8. The summed E-state index contributed by atoms with van der Waals surface area (Å²) >= 11 is 0. The van der Waals surface area contributed by atoms with Gasteiger partial charge in [0.1, 0.15) is 0 Å². The van der Waals surface area contributed by atoms with Gasteiger partial charge in [0.2, 0.25) is 0 Å². The second kappa shape index (κ2) is 9.72. The maximum atomic E-state index is 4.81. The van der Waals surface area contributed by atoms with Gasteiger partial charge in [0, 0.05) is 34.0 Å². The molecule has 4 aromatic carbocycles. The summed E-state index contributed by atoms with van der Waals surface area (Å²) in [6, 6.07) is 42.7. The summed E-state index contributed by atoms with van der Waals surface area (Å²) in [7, 11) is 0. The highest BCUT2D eigenvalue weighted by Crippen LogP contribution is 2.27. The minimum atomic E-state index is 0.645. The number of rotatable bonds is 5. The van der Waals surface area contributed by atoms with Crippen LogP contribution in [0.2, 0.25) is 0 Å². The Bertz CT molecular complexity index is 1520. The molecule has 0 amide bonds. The van der Waals surface area contributed by atoms with Gasteiger partial charge in [-0.2, -0.15) is 0 Å². The molecule has 6 rings (SSSR count). The van der Waals surface area contributed by atoms with E-state index in [1.165, 1.54) is 0 Å². The zero-order valence-corrected chi connectivity index (χ0v) is 19.5. The second-order valence-corrected chi connectivity index (χ2v) is 8.41. The molecule has 4 heteroatoms. The van der Waals surface area contributed by atoms with Crippen molar-refractivity contribution in [2.75, 3.05) is 0 Å². The molecule has 0 bridgehead atoms. The summed E-state index contributed by atoms with van der Waals surface area (Å²) in [5.74, 6) is 1.96. The molecule has 2 heterocycles. The molecular formula is C32H22N4. The summed E-state index contributed by atoms with van der Waals surface area (Å²) in [5, 5.41) is 0. The summed E-state index contributed by atoms with van der Waals surface area (Å²) in [4.78, 5) is 19.1. The SMILES string of the molecule is c1ccc(-c2ccc(-c3ccc(-c4nc(-c5ccccc5)nc(-c5ccccc5)n4)cc3)cn2)cc1. The zero-order chi connectivity index (χ0) is 24.2. The van der Waals surface area contributed by atoms with Crippen molar-refractivity contribution in [2.45, 2.75) is 0 Å². The van der Waals surface area contributed by atoms with Crippen molar-refractivity contribution in [1.82, 2.24) is 19.9 Å². The second-order valence-electron chi connectivity index (χ2n) is 8.41. The van der Waals surface area contributed by atoms with Crippen molar-refractivity contribution >= 4 is 0 Å². The Balaban J connectivity index is 1.35. The Morgan fingerprint density at radius 2 is 0.694 bits per heavy atom. The topological polar surface area (TPSA) is 51.6 Å². The predicted molar refractivity (Wildman–Crippen MR) is 145 cm³/mol. The van der Waals surface area contributed by atoms with Gasteiger partial charge in [-0.3, -0.25) is 4.98 Å². The molecule has 170 valence electrons. The lowest BCUT2D eigenvalue weighted by Crippen LogP contribution is -2.00. The minimum Gasteiger partial charge on any atom is -0.256 e. The lowest BCUT2D eigenvalue weighted by atomic mass is 10.0. The molecule has 0 spiro atoms. The Labute approximate surface area is 210 Å². The fraction of sp³-hybridized carbons (Fsp3) is 0. The molecule has 0 N–H and O–H groups in total. The van der Waals surface area contributed by atoms with Gasteiger partial charge in [-0.25, -0.2) is 15.0 Å². The highest BCUT2D eigenvalue weighted by Gasteiger charge is 2.12. The van der Waals surface area contributed by atoms with E-state index in [2.05, 4.69) is 53.5 Å². The van der Waals surface area contributed by atoms with E-state index in [4.69, 9.17) is 15.0 Å². The van der Waals surface area contributed by atoms with Crippen LogP contribution in [0, 0.1) is 0 Å². The lowest BCUT2D eigenvalue weighted by molar-refractivity contribution is 1.07. The van der Waals surface area contributed by atoms with Crippen molar-refractivity contribution in [3.8, 4) is 56.5 Å². The third kappa shape index (κ3) is 4.52. The van der Waals surface area contributed by atoms with Gasteiger partial charge in [-0.1, -0.05) is 121 Å². The Kier molecular flexibility index (Phi) is 5.83. The smallest absolute Gasteiger partial charge is 0.164 e.